The largest absolute Gasteiger partial charge is 0.436 e. The van der Waals surface area contributed by atoms with Crippen LogP contribution in [0.2, 0.25) is 0 Å². The third kappa shape index (κ3) is 3.47. The van der Waals surface area contributed by atoms with E-state index in [1.165, 1.54) is 6.33 Å². The van der Waals surface area contributed by atoms with Crippen molar-refractivity contribution < 1.29 is 13.6 Å². The second-order valence-electron chi connectivity index (χ2n) is 6.09. The molecule has 1 fully saturated rings. The molecule has 8 heteroatoms. The lowest BCUT2D eigenvalue weighted by Crippen LogP contribution is -2.35. The lowest BCUT2D eigenvalue weighted by atomic mass is 10.3. The molecule has 0 aromatic carbocycles. The van der Waals surface area contributed by atoms with E-state index in [-0.39, 0.29) is 17.5 Å². The molecule has 0 saturated carbocycles. The average Bonchev–Trinajstić information content (AvgIpc) is 2.80. The standard InChI is InChI=1S/C17H22FN5O2/c1-4-13-14(18)16(20-10-19-13)22-6-5-7-23(9-8-22)17(24)15-11(2)21-12(3)25-15/h10H,4-9H2,1-3H3. The van der Waals surface area contributed by atoms with Gasteiger partial charge >= 0.3 is 0 Å². The summed E-state index contributed by atoms with van der Waals surface area (Å²) in [4.78, 5) is 28.5. The molecule has 25 heavy (non-hydrogen) atoms. The maximum absolute atomic E-state index is 14.5. The minimum Gasteiger partial charge on any atom is -0.436 e. The highest BCUT2D eigenvalue weighted by atomic mass is 19.1. The molecule has 1 aliphatic heterocycles. The first-order chi connectivity index (χ1) is 12.0. The molecule has 134 valence electrons. The number of hydrogen-bond donors (Lipinski definition) is 0. The maximum Gasteiger partial charge on any atom is 0.291 e. The monoisotopic (exact) mass is 347 g/mol. The van der Waals surface area contributed by atoms with Crippen molar-refractivity contribution in [3.8, 4) is 0 Å². The summed E-state index contributed by atoms with van der Waals surface area (Å²) in [5.41, 5.74) is 1.01. The van der Waals surface area contributed by atoms with E-state index in [1.54, 1.807) is 18.7 Å². The number of aryl methyl sites for hydroxylation is 3. The predicted molar refractivity (Wildman–Crippen MR) is 90.1 cm³/mol. The van der Waals surface area contributed by atoms with Gasteiger partial charge in [0.05, 0.1) is 11.4 Å². The molecule has 0 radical (unpaired) electrons. The molecule has 0 unspecified atom stereocenters. The van der Waals surface area contributed by atoms with Gasteiger partial charge in [0.1, 0.15) is 6.33 Å². The van der Waals surface area contributed by atoms with Crippen LogP contribution in [0.1, 0.15) is 41.2 Å². The summed E-state index contributed by atoms with van der Waals surface area (Å²) in [6.07, 6.45) is 2.64. The second kappa shape index (κ2) is 7.16. The van der Waals surface area contributed by atoms with E-state index in [9.17, 15) is 9.18 Å². The molecule has 1 aliphatic rings. The Morgan fingerprint density at radius 2 is 2.04 bits per heavy atom. The lowest BCUT2D eigenvalue weighted by molar-refractivity contribution is 0.0732. The van der Waals surface area contributed by atoms with Crippen molar-refractivity contribution in [1.82, 2.24) is 19.9 Å². The summed E-state index contributed by atoms with van der Waals surface area (Å²) in [6.45, 7) is 7.54. The van der Waals surface area contributed by atoms with Crippen molar-refractivity contribution in [3.63, 3.8) is 0 Å². The van der Waals surface area contributed by atoms with E-state index >= 15 is 0 Å². The van der Waals surface area contributed by atoms with Gasteiger partial charge in [-0.3, -0.25) is 4.79 Å². The zero-order valence-corrected chi connectivity index (χ0v) is 14.8. The first kappa shape index (κ1) is 17.3. The molecule has 3 heterocycles. The summed E-state index contributed by atoms with van der Waals surface area (Å²) in [6, 6.07) is 0. The zero-order chi connectivity index (χ0) is 18.0. The number of halogens is 1. The highest BCUT2D eigenvalue weighted by Crippen LogP contribution is 2.21. The Morgan fingerprint density at radius 3 is 2.72 bits per heavy atom. The topological polar surface area (TPSA) is 75.4 Å². The first-order valence-electron chi connectivity index (χ1n) is 8.48. The van der Waals surface area contributed by atoms with Gasteiger partial charge in [0.15, 0.2) is 17.5 Å². The number of aromatic nitrogens is 3. The number of amides is 1. The van der Waals surface area contributed by atoms with Crippen LogP contribution in [0.15, 0.2) is 10.7 Å². The van der Waals surface area contributed by atoms with Crippen molar-refractivity contribution in [2.75, 3.05) is 31.1 Å². The van der Waals surface area contributed by atoms with Crippen LogP contribution in [-0.2, 0) is 6.42 Å². The molecule has 2 aromatic heterocycles. The Labute approximate surface area is 145 Å². The van der Waals surface area contributed by atoms with Crippen molar-refractivity contribution in [2.45, 2.75) is 33.6 Å². The summed E-state index contributed by atoms with van der Waals surface area (Å²) in [5.74, 6) is 0.538. The number of nitrogens with zero attached hydrogens (tertiary/aromatic N) is 5. The van der Waals surface area contributed by atoms with Crippen LogP contribution in [0.25, 0.3) is 0 Å². The molecule has 0 aliphatic carbocycles. The Morgan fingerprint density at radius 1 is 1.24 bits per heavy atom. The molecule has 2 aromatic rings. The molecule has 7 nitrogen and oxygen atoms in total. The van der Waals surface area contributed by atoms with Crippen LogP contribution < -0.4 is 4.90 Å². The van der Waals surface area contributed by atoms with E-state index < -0.39 is 0 Å². The van der Waals surface area contributed by atoms with Gasteiger partial charge < -0.3 is 14.2 Å². The quantitative estimate of drug-likeness (QED) is 0.847. The Balaban J connectivity index is 1.75. The number of carbonyl (C=O) groups is 1. The van der Waals surface area contributed by atoms with Gasteiger partial charge in [-0.15, -0.1) is 0 Å². The summed E-state index contributed by atoms with van der Waals surface area (Å²) < 4.78 is 19.9. The molecular weight excluding hydrogens is 325 g/mol. The number of hydrogen-bond acceptors (Lipinski definition) is 6. The fourth-order valence-electron chi connectivity index (χ4n) is 3.07. The minimum absolute atomic E-state index is 0.169. The second-order valence-corrected chi connectivity index (χ2v) is 6.09. The fourth-order valence-corrected chi connectivity index (χ4v) is 3.07. The van der Waals surface area contributed by atoms with Gasteiger partial charge in [-0.25, -0.2) is 19.3 Å². The molecule has 3 rings (SSSR count). The smallest absolute Gasteiger partial charge is 0.291 e. The summed E-state index contributed by atoms with van der Waals surface area (Å²) in [5, 5.41) is 0. The van der Waals surface area contributed by atoms with E-state index in [4.69, 9.17) is 4.42 Å². The van der Waals surface area contributed by atoms with Crippen LogP contribution >= 0.6 is 0 Å². The Kier molecular flexibility index (Phi) is 4.96. The highest BCUT2D eigenvalue weighted by Gasteiger charge is 2.26. The Hall–Kier alpha value is -2.51. The van der Waals surface area contributed by atoms with Gasteiger partial charge in [0.25, 0.3) is 5.91 Å². The van der Waals surface area contributed by atoms with Gasteiger partial charge in [-0.2, -0.15) is 0 Å². The molecular formula is C17H22FN5O2. The van der Waals surface area contributed by atoms with Crippen LogP contribution in [0.5, 0.6) is 0 Å². The number of rotatable bonds is 3. The van der Waals surface area contributed by atoms with Crippen LogP contribution in [0.3, 0.4) is 0 Å². The van der Waals surface area contributed by atoms with Gasteiger partial charge in [-0.05, 0) is 19.8 Å². The molecule has 1 amide bonds. The zero-order valence-electron chi connectivity index (χ0n) is 14.8. The molecule has 1 saturated heterocycles. The minimum atomic E-state index is -0.369. The van der Waals surface area contributed by atoms with E-state index in [0.29, 0.717) is 55.7 Å². The predicted octanol–water partition coefficient (Wildman–Crippen LogP) is 2.14. The van der Waals surface area contributed by atoms with E-state index in [2.05, 4.69) is 15.0 Å². The normalized spacial score (nSPS) is 15.4. The third-order valence-electron chi connectivity index (χ3n) is 4.36. The fraction of sp³-hybridized carbons (Fsp3) is 0.529. The summed E-state index contributed by atoms with van der Waals surface area (Å²) in [7, 11) is 0. The van der Waals surface area contributed by atoms with Crippen LogP contribution in [0, 0.1) is 19.7 Å². The van der Waals surface area contributed by atoms with Crippen LogP contribution in [0.4, 0.5) is 10.2 Å². The molecule has 0 spiro atoms. The molecule has 0 bridgehead atoms. The van der Waals surface area contributed by atoms with Crippen molar-refractivity contribution in [1.29, 1.82) is 0 Å². The SMILES string of the molecule is CCc1ncnc(N2CCCN(C(=O)c3oc(C)nc3C)CC2)c1F. The number of oxazole rings is 1. The van der Waals surface area contributed by atoms with Crippen molar-refractivity contribution >= 4 is 11.7 Å². The first-order valence-corrected chi connectivity index (χ1v) is 8.48. The summed E-state index contributed by atoms with van der Waals surface area (Å²) >= 11 is 0. The van der Waals surface area contributed by atoms with E-state index in [1.807, 2.05) is 11.8 Å². The molecule has 0 N–H and O–H groups in total. The van der Waals surface area contributed by atoms with Gasteiger partial charge in [0.2, 0.25) is 5.76 Å². The van der Waals surface area contributed by atoms with Gasteiger partial charge in [-0.1, -0.05) is 6.92 Å². The van der Waals surface area contributed by atoms with Gasteiger partial charge in [0, 0.05) is 33.1 Å². The van der Waals surface area contributed by atoms with Crippen molar-refractivity contribution in [2.24, 2.45) is 0 Å². The maximum atomic E-state index is 14.5. The lowest BCUT2D eigenvalue weighted by Gasteiger charge is -2.23. The number of anilines is 1. The van der Waals surface area contributed by atoms with Crippen LogP contribution in [-0.4, -0.2) is 51.9 Å². The third-order valence-corrected chi connectivity index (χ3v) is 4.36. The van der Waals surface area contributed by atoms with E-state index in [0.717, 1.165) is 6.42 Å². The average molecular weight is 347 g/mol. The van der Waals surface area contributed by atoms with Crippen molar-refractivity contribution in [3.05, 3.63) is 35.2 Å². The molecule has 0 atom stereocenters. The highest BCUT2D eigenvalue weighted by molar-refractivity contribution is 5.92. The Bertz CT molecular complexity index is 776. The number of carbonyl (C=O) groups excluding carboxylic acids is 1.